The average molecular weight is 331 g/mol. The number of carbonyl (C=O) groups is 2. The van der Waals surface area contributed by atoms with Gasteiger partial charge in [-0.2, -0.15) is 0 Å². The third-order valence-corrected chi connectivity index (χ3v) is 3.21. The number of hydrogen-bond acceptors (Lipinski definition) is 2. The van der Waals surface area contributed by atoms with Gasteiger partial charge in [-0.3, -0.25) is 4.79 Å². The van der Waals surface area contributed by atoms with Gasteiger partial charge in [0.15, 0.2) is 0 Å². The van der Waals surface area contributed by atoms with Gasteiger partial charge >= 0.3 is 5.97 Å². The highest BCUT2D eigenvalue weighted by Crippen LogP contribution is 2.16. The van der Waals surface area contributed by atoms with Crippen LogP contribution in [-0.4, -0.2) is 27.6 Å². The molecule has 1 atom stereocenters. The van der Waals surface area contributed by atoms with E-state index in [2.05, 4.69) is 21.2 Å². The largest absolute Gasteiger partial charge is 0.480 e. The van der Waals surface area contributed by atoms with Crippen LogP contribution < -0.4 is 5.32 Å². The molecule has 0 saturated carbocycles. The van der Waals surface area contributed by atoms with Crippen molar-refractivity contribution < 1.29 is 14.7 Å². The van der Waals surface area contributed by atoms with Crippen molar-refractivity contribution >= 4 is 27.8 Å². The van der Waals surface area contributed by atoms with Gasteiger partial charge in [0.2, 0.25) is 0 Å². The zero-order valence-corrected chi connectivity index (χ0v) is 12.9. The first kappa shape index (κ1) is 15.8. The maximum atomic E-state index is 12.2. The normalized spacial score (nSPS) is 12.5. The van der Waals surface area contributed by atoms with Crippen LogP contribution in [0.25, 0.3) is 0 Å². The fraction of sp³-hybridized carbons (Fsp3) is 0.538. The second-order valence-corrected chi connectivity index (χ2v) is 5.69. The van der Waals surface area contributed by atoms with E-state index in [1.807, 2.05) is 17.7 Å². The van der Waals surface area contributed by atoms with Crippen molar-refractivity contribution in [2.24, 2.45) is 5.92 Å². The summed E-state index contributed by atoms with van der Waals surface area (Å²) in [5.41, 5.74) is 0.473. The van der Waals surface area contributed by atoms with Crippen LogP contribution in [0.15, 0.2) is 16.7 Å². The topological polar surface area (TPSA) is 71.3 Å². The number of carboxylic acid groups (broad SMARTS) is 1. The van der Waals surface area contributed by atoms with Gasteiger partial charge < -0.3 is 15.0 Å². The molecule has 2 N–H and O–H groups in total. The molecule has 1 aromatic rings. The number of carboxylic acids is 1. The Kier molecular flexibility index (Phi) is 5.60. The molecular weight excluding hydrogens is 312 g/mol. The summed E-state index contributed by atoms with van der Waals surface area (Å²) in [6.07, 6.45) is 2.72. The monoisotopic (exact) mass is 330 g/mol. The van der Waals surface area contributed by atoms with Crippen LogP contribution >= 0.6 is 15.9 Å². The highest BCUT2D eigenvalue weighted by Gasteiger charge is 2.25. The van der Waals surface area contributed by atoms with Crippen LogP contribution in [0, 0.1) is 5.92 Å². The van der Waals surface area contributed by atoms with Gasteiger partial charge in [-0.05, 0) is 34.3 Å². The minimum absolute atomic E-state index is 0.167. The fourth-order valence-electron chi connectivity index (χ4n) is 1.82. The maximum absolute atomic E-state index is 12.2. The SMILES string of the molecule is CCCn1cc(Br)cc1C(=O)N[C@@H](C(=O)O)C(C)C. The summed E-state index contributed by atoms with van der Waals surface area (Å²) in [6, 6.07) is 0.820. The predicted octanol–water partition coefficient (Wildman–Crippen LogP) is 2.50. The zero-order chi connectivity index (χ0) is 14.6. The van der Waals surface area contributed by atoms with Crippen LogP contribution in [0.1, 0.15) is 37.7 Å². The van der Waals surface area contributed by atoms with Crippen molar-refractivity contribution in [2.45, 2.75) is 39.8 Å². The molecule has 1 aromatic heterocycles. The second-order valence-electron chi connectivity index (χ2n) is 4.77. The number of amides is 1. The van der Waals surface area contributed by atoms with E-state index in [1.54, 1.807) is 19.9 Å². The second kappa shape index (κ2) is 6.75. The molecule has 0 fully saturated rings. The van der Waals surface area contributed by atoms with Crippen molar-refractivity contribution in [3.05, 3.63) is 22.4 Å². The molecule has 0 bridgehead atoms. The standard InChI is InChI=1S/C13H19BrN2O3/c1-4-5-16-7-9(14)6-10(16)12(17)15-11(8(2)3)13(18)19/h6-8,11H,4-5H2,1-3H3,(H,15,17)(H,18,19)/t11-/m1/s1. The van der Waals surface area contributed by atoms with Crippen molar-refractivity contribution in [1.29, 1.82) is 0 Å². The predicted molar refractivity (Wildman–Crippen MR) is 76.2 cm³/mol. The first-order chi connectivity index (χ1) is 8.86. The van der Waals surface area contributed by atoms with Gasteiger partial charge in [-0.1, -0.05) is 20.8 Å². The Balaban J connectivity index is 2.91. The Morgan fingerprint density at radius 1 is 1.47 bits per heavy atom. The zero-order valence-electron chi connectivity index (χ0n) is 11.3. The molecular formula is C13H19BrN2O3. The molecule has 1 amide bonds. The van der Waals surface area contributed by atoms with Crippen LogP contribution in [0.3, 0.4) is 0 Å². The van der Waals surface area contributed by atoms with E-state index in [-0.39, 0.29) is 11.8 Å². The summed E-state index contributed by atoms with van der Waals surface area (Å²) in [7, 11) is 0. The quantitative estimate of drug-likeness (QED) is 0.841. The van der Waals surface area contributed by atoms with Crippen LogP contribution in [0.5, 0.6) is 0 Å². The third kappa shape index (κ3) is 4.09. The Hall–Kier alpha value is -1.30. The maximum Gasteiger partial charge on any atom is 0.326 e. The lowest BCUT2D eigenvalue weighted by Gasteiger charge is -2.18. The molecule has 0 aliphatic carbocycles. The van der Waals surface area contributed by atoms with Crippen molar-refractivity contribution in [3.8, 4) is 0 Å². The molecule has 0 spiro atoms. The Morgan fingerprint density at radius 2 is 2.11 bits per heavy atom. The number of aromatic nitrogens is 1. The van der Waals surface area contributed by atoms with Gasteiger partial charge in [-0.25, -0.2) is 4.79 Å². The van der Waals surface area contributed by atoms with E-state index in [0.717, 1.165) is 10.9 Å². The number of halogens is 1. The van der Waals surface area contributed by atoms with Gasteiger partial charge in [0.05, 0.1) is 0 Å². The number of aryl methyl sites for hydroxylation is 1. The number of hydrogen-bond donors (Lipinski definition) is 2. The molecule has 0 unspecified atom stereocenters. The Morgan fingerprint density at radius 3 is 2.58 bits per heavy atom. The van der Waals surface area contributed by atoms with E-state index in [4.69, 9.17) is 5.11 Å². The number of nitrogens with zero attached hydrogens (tertiary/aromatic N) is 1. The number of nitrogens with one attached hydrogen (secondary N) is 1. The molecule has 0 saturated heterocycles. The smallest absolute Gasteiger partial charge is 0.326 e. The summed E-state index contributed by atoms with van der Waals surface area (Å²) in [5, 5.41) is 11.7. The van der Waals surface area contributed by atoms with Gasteiger partial charge in [0.1, 0.15) is 11.7 Å². The lowest BCUT2D eigenvalue weighted by atomic mass is 10.0. The summed E-state index contributed by atoms with van der Waals surface area (Å²) in [4.78, 5) is 23.2. The van der Waals surface area contributed by atoms with E-state index < -0.39 is 12.0 Å². The highest BCUT2D eigenvalue weighted by atomic mass is 79.9. The number of carbonyl (C=O) groups excluding carboxylic acids is 1. The Bertz CT molecular complexity index is 468. The lowest BCUT2D eigenvalue weighted by molar-refractivity contribution is -0.140. The van der Waals surface area contributed by atoms with E-state index >= 15 is 0 Å². The minimum Gasteiger partial charge on any atom is -0.480 e. The lowest BCUT2D eigenvalue weighted by Crippen LogP contribution is -2.44. The van der Waals surface area contributed by atoms with Crippen LogP contribution in [0.2, 0.25) is 0 Å². The molecule has 0 aliphatic heterocycles. The van der Waals surface area contributed by atoms with Crippen LogP contribution in [0.4, 0.5) is 0 Å². The van der Waals surface area contributed by atoms with Crippen molar-refractivity contribution in [1.82, 2.24) is 9.88 Å². The van der Waals surface area contributed by atoms with Crippen molar-refractivity contribution in [2.75, 3.05) is 0 Å². The van der Waals surface area contributed by atoms with E-state index in [9.17, 15) is 9.59 Å². The fourth-order valence-corrected chi connectivity index (χ4v) is 2.28. The molecule has 0 radical (unpaired) electrons. The summed E-state index contributed by atoms with van der Waals surface area (Å²) in [6.45, 7) is 6.26. The first-order valence-corrected chi connectivity index (χ1v) is 7.05. The van der Waals surface area contributed by atoms with Crippen LogP contribution in [-0.2, 0) is 11.3 Å². The summed E-state index contributed by atoms with van der Waals surface area (Å²) >= 11 is 3.33. The molecule has 0 aliphatic rings. The number of rotatable bonds is 6. The minimum atomic E-state index is -1.02. The highest BCUT2D eigenvalue weighted by molar-refractivity contribution is 9.10. The average Bonchev–Trinajstić information content (AvgIpc) is 2.66. The van der Waals surface area contributed by atoms with Gasteiger partial charge in [0.25, 0.3) is 5.91 Å². The molecule has 1 rings (SSSR count). The third-order valence-electron chi connectivity index (χ3n) is 2.78. The molecule has 106 valence electrons. The summed E-state index contributed by atoms with van der Waals surface area (Å²) in [5.74, 6) is -1.55. The molecule has 19 heavy (non-hydrogen) atoms. The van der Waals surface area contributed by atoms with Gasteiger partial charge in [-0.15, -0.1) is 0 Å². The Labute approximate surface area is 121 Å². The summed E-state index contributed by atoms with van der Waals surface area (Å²) < 4.78 is 2.63. The first-order valence-electron chi connectivity index (χ1n) is 6.26. The van der Waals surface area contributed by atoms with Crippen molar-refractivity contribution in [3.63, 3.8) is 0 Å². The molecule has 6 heteroatoms. The van der Waals surface area contributed by atoms with E-state index in [0.29, 0.717) is 12.2 Å². The molecule has 1 heterocycles. The molecule has 5 nitrogen and oxygen atoms in total. The number of aliphatic carboxylic acids is 1. The molecule has 0 aromatic carbocycles. The van der Waals surface area contributed by atoms with E-state index in [1.165, 1.54) is 0 Å². The van der Waals surface area contributed by atoms with Gasteiger partial charge in [0, 0.05) is 17.2 Å².